The summed E-state index contributed by atoms with van der Waals surface area (Å²) in [5.41, 5.74) is 5.47. The minimum absolute atomic E-state index is 0.305. The number of primary amides is 1. The molecule has 1 fully saturated rings. The SMILES string of the molecule is NC(=O)c1cncc(Oc2nc(C3CC3)ns2)c1. The summed E-state index contributed by atoms with van der Waals surface area (Å²) in [6, 6.07) is 1.54. The van der Waals surface area contributed by atoms with Crippen LogP contribution in [0.4, 0.5) is 0 Å². The highest BCUT2D eigenvalue weighted by Crippen LogP contribution is 2.40. The third-order valence-electron chi connectivity index (χ3n) is 2.57. The van der Waals surface area contributed by atoms with Crippen LogP contribution in [0.2, 0.25) is 0 Å². The van der Waals surface area contributed by atoms with Gasteiger partial charge in [-0.25, -0.2) is 0 Å². The van der Waals surface area contributed by atoms with Crippen LogP contribution in [0, 0.1) is 0 Å². The molecule has 0 spiro atoms. The maximum absolute atomic E-state index is 11.0. The number of rotatable bonds is 4. The number of carbonyl (C=O) groups is 1. The van der Waals surface area contributed by atoms with Crippen LogP contribution in [-0.4, -0.2) is 20.2 Å². The van der Waals surface area contributed by atoms with Crippen LogP contribution in [-0.2, 0) is 0 Å². The van der Waals surface area contributed by atoms with Crippen LogP contribution in [0.3, 0.4) is 0 Å². The van der Waals surface area contributed by atoms with Gasteiger partial charge in [-0.3, -0.25) is 9.78 Å². The zero-order valence-electron chi connectivity index (χ0n) is 9.37. The van der Waals surface area contributed by atoms with E-state index in [1.807, 2.05) is 0 Å². The molecular formula is C11H10N4O2S. The molecule has 2 aromatic heterocycles. The highest BCUT2D eigenvalue weighted by atomic mass is 32.1. The standard InChI is InChI=1S/C11H10N4O2S/c12-9(16)7-3-8(5-13-4-7)17-11-14-10(15-18-11)6-1-2-6/h3-6H,1-2H2,(H2,12,16). The van der Waals surface area contributed by atoms with Gasteiger partial charge in [0.15, 0.2) is 0 Å². The molecule has 1 saturated carbocycles. The Morgan fingerprint density at radius 3 is 3.00 bits per heavy atom. The first-order valence-corrected chi connectivity index (χ1v) is 6.26. The van der Waals surface area contributed by atoms with E-state index in [-0.39, 0.29) is 0 Å². The van der Waals surface area contributed by atoms with Gasteiger partial charge in [0.2, 0.25) is 5.91 Å². The first kappa shape index (κ1) is 11.1. The minimum Gasteiger partial charge on any atom is -0.428 e. The van der Waals surface area contributed by atoms with Gasteiger partial charge in [-0.05, 0) is 18.9 Å². The van der Waals surface area contributed by atoms with Gasteiger partial charge in [0, 0.05) is 23.6 Å². The lowest BCUT2D eigenvalue weighted by Crippen LogP contribution is -2.11. The van der Waals surface area contributed by atoms with E-state index in [2.05, 4.69) is 14.3 Å². The van der Waals surface area contributed by atoms with Crippen molar-refractivity contribution in [2.75, 3.05) is 0 Å². The maximum Gasteiger partial charge on any atom is 0.298 e. The third kappa shape index (κ3) is 2.30. The van der Waals surface area contributed by atoms with Gasteiger partial charge in [-0.15, -0.1) is 0 Å². The zero-order chi connectivity index (χ0) is 12.5. The number of pyridine rings is 1. The summed E-state index contributed by atoms with van der Waals surface area (Å²) >= 11 is 1.20. The van der Waals surface area contributed by atoms with Gasteiger partial charge in [0.05, 0.1) is 11.8 Å². The summed E-state index contributed by atoms with van der Waals surface area (Å²) in [5.74, 6) is 1.23. The molecule has 18 heavy (non-hydrogen) atoms. The smallest absolute Gasteiger partial charge is 0.298 e. The molecule has 0 aliphatic heterocycles. The monoisotopic (exact) mass is 262 g/mol. The number of nitrogens with zero attached hydrogens (tertiary/aromatic N) is 3. The highest BCUT2D eigenvalue weighted by Gasteiger charge is 2.28. The molecule has 0 saturated heterocycles. The van der Waals surface area contributed by atoms with Gasteiger partial charge in [-0.2, -0.15) is 9.36 Å². The van der Waals surface area contributed by atoms with E-state index in [0.29, 0.717) is 22.4 Å². The van der Waals surface area contributed by atoms with E-state index in [1.165, 1.54) is 30.0 Å². The Balaban J connectivity index is 1.78. The number of amides is 1. The van der Waals surface area contributed by atoms with Gasteiger partial charge in [0.25, 0.3) is 5.19 Å². The van der Waals surface area contributed by atoms with Crippen molar-refractivity contribution in [1.29, 1.82) is 0 Å². The predicted octanol–water partition coefficient (Wildman–Crippen LogP) is 1.70. The first-order valence-electron chi connectivity index (χ1n) is 5.48. The molecule has 0 atom stereocenters. The molecular weight excluding hydrogens is 252 g/mol. The van der Waals surface area contributed by atoms with E-state index < -0.39 is 5.91 Å². The maximum atomic E-state index is 11.0. The van der Waals surface area contributed by atoms with Crippen molar-refractivity contribution in [3.8, 4) is 10.9 Å². The first-order chi connectivity index (χ1) is 8.72. The van der Waals surface area contributed by atoms with Crippen LogP contribution in [0.25, 0.3) is 0 Å². The molecule has 1 amide bonds. The molecule has 1 aliphatic rings. The second-order valence-corrected chi connectivity index (χ2v) is 4.78. The largest absolute Gasteiger partial charge is 0.428 e. The lowest BCUT2D eigenvalue weighted by atomic mass is 10.3. The van der Waals surface area contributed by atoms with Crippen LogP contribution in [0.15, 0.2) is 18.5 Å². The molecule has 2 heterocycles. The fraction of sp³-hybridized carbons (Fsp3) is 0.273. The molecule has 6 nitrogen and oxygen atoms in total. The van der Waals surface area contributed by atoms with Gasteiger partial charge in [0.1, 0.15) is 11.6 Å². The fourth-order valence-electron chi connectivity index (χ4n) is 1.48. The Hall–Kier alpha value is -2.02. The summed E-state index contributed by atoms with van der Waals surface area (Å²) in [6.45, 7) is 0. The molecule has 2 aromatic rings. The van der Waals surface area contributed by atoms with Gasteiger partial charge >= 0.3 is 0 Å². The lowest BCUT2D eigenvalue weighted by molar-refractivity contribution is 0.0999. The molecule has 0 bridgehead atoms. The third-order valence-corrected chi connectivity index (χ3v) is 3.18. The van der Waals surface area contributed by atoms with Crippen molar-refractivity contribution in [1.82, 2.24) is 14.3 Å². The van der Waals surface area contributed by atoms with Crippen molar-refractivity contribution in [2.45, 2.75) is 18.8 Å². The molecule has 0 aromatic carbocycles. The number of carbonyl (C=O) groups excluding carboxylic acids is 1. The molecule has 2 N–H and O–H groups in total. The molecule has 3 rings (SSSR count). The topological polar surface area (TPSA) is 91.0 Å². The molecule has 0 radical (unpaired) electrons. The summed E-state index contributed by atoms with van der Waals surface area (Å²) in [5, 5.41) is 0.459. The summed E-state index contributed by atoms with van der Waals surface area (Å²) < 4.78 is 9.73. The summed E-state index contributed by atoms with van der Waals surface area (Å²) in [6.07, 6.45) is 5.19. The minimum atomic E-state index is -0.538. The van der Waals surface area contributed by atoms with Crippen molar-refractivity contribution in [2.24, 2.45) is 5.73 Å². The van der Waals surface area contributed by atoms with Crippen LogP contribution < -0.4 is 10.5 Å². The normalized spacial score (nSPS) is 14.4. The Kier molecular flexibility index (Phi) is 2.67. The van der Waals surface area contributed by atoms with Crippen molar-refractivity contribution < 1.29 is 9.53 Å². The quantitative estimate of drug-likeness (QED) is 0.905. The van der Waals surface area contributed by atoms with Crippen LogP contribution in [0.1, 0.15) is 34.9 Å². The Bertz CT molecular complexity index is 594. The number of hydrogen-bond acceptors (Lipinski definition) is 6. The molecule has 92 valence electrons. The van der Waals surface area contributed by atoms with E-state index in [0.717, 1.165) is 18.7 Å². The lowest BCUT2D eigenvalue weighted by Gasteiger charge is -2.01. The summed E-state index contributed by atoms with van der Waals surface area (Å²) in [7, 11) is 0. The molecule has 7 heteroatoms. The fourth-order valence-corrected chi connectivity index (χ4v) is 2.11. The van der Waals surface area contributed by atoms with E-state index in [4.69, 9.17) is 10.5 Å². The zero-order valence-corrected chi connectivity index (χ0v) is 10.2. The van der Waals surface area contributed by atoms with E-state index >= 15 is 0 Å². The van der Waals surface area contributed by atoms with E-state index in [9.17, 15) is 4.79 Å². The number of hydrogen-bond donors (Lipinski definition) is 1. The average molecular weight is 262 g/mol. The number of aromatic nitrogens is 3. The van der Waals surface area contributed by atoms with Crippen LogP contribution in [0.5, 0.6) is 10.9 Å². The Morgan fingerprint density at radius 2 is 2.28 bits per heavy atom. The Morgan fingerprint density at radius 1 is 1.44 bits per heavy atom. The van der Waals surface area contributed by atoms with E-state index in [1.54, 1.807) is 0 Å². The average Bonchev–Trinajstić information content (AvgIpc) is 3.11. The van der Waals surface area contributed by atoms with Crippen molar-refractivity contribution in [3.63, 3.8) is 0 Å². The number of nitrogens with two attached hydrogens (primary N) is 1. The highest BCUT2D eigenvalue weighted by molar-refractivity contribution is 7.07. The van der Waals surface area contributed by atoms with Gasteiger partial charge in [-0.1, -0.05) is 0 Å². The second kappa shape index (κ2) is 4.34. The number of ether oxygens (including phenoxy) is 1. The molecule has 1 aliphatic carbocycles. The second-order valence-electron chi connectivity index (χ2n) is 4.07. The van der Waals surface area contributed by atoms with Crippen molar-refractivity contribution in [3.05, 3.63) is 29.8 Å². The van der Waals surface area contributed by atoms with Gasteiger partial charge < -0.3 is 10.5 Å². The Labute approximate surface area is 107 Å². The van der Waals surface area contributed by atoms with Crippen LogP contribution >= 0.6 is 11.5 Å². The van der Waals surface area contributed by atoms with Crippen molar-refractivity contribution >= 4 is 17.4 Å². The summed E-state index contributed by atoms with van der Waals surface area (Å²) in [4.78, 5) is 19.2. The predicted molar refractivity (Wildman–Crippen MR) is 64.7 cm³/mol. The molecule has 0 unspecified atom stereocenters.